The number of carbonyl (C=O) groups excluding carboxylic acids is 5. The summed E-state index contributed by atoms with van der Waals surface area (Å²) in [5, 5.41) is 20.5. The first-order chi connectivity index (χ1) is 19.9. The molecule has 2 heterocycles. The van der Waals surface area contributed by atoms with Crippen molar-refractivity contribution in [1.29, 1.82) is 0 Å². The van der Waals surface area contributed by atoms with Crippen molar-refractivity contribution >= 4 is 29.8 Å². The monoisotopic (exact) mass is 588 g/mol. The molecule has 0 aliphatic carbocycles. The van der Waals surface area contributed by atoms with E-state index in [1.165, 1.54) is 17.7 Å². The van der Waals surface area contributed by atoms with E-state index in [0.717, 1.165) is 27.9 Å². The van der Waals surface area contributed by atoms with Crippen LogP contribution in [-0.4, -0.2) is 88.0 Å². The number of amides is 1. The Morgan fingerprint density at radius 2 is 1.69 bits per heavy atom. The van der Waals surface area contributed by atoms with Crippen molar-refractivity contribution in [3.63, 3.8) is 0 Å². The molecular weight excluding hydrogens is 556 g/mol. The number of benzene rings is 1. The lowest BCUT2D eigenvalue weighted by atomic mass is 9.91. The van der Waals surface area contributed by atoms with Crippen LogP contribution >= 0.6 is 0 Å². The van der Waals surface area contributed by atoms with Crippen LogP contribution in [0.4, 0.5) is 0 Å². The number of ether oxygens (including phenoxy) is 5. The van der Waals surface area contributed by atoms with Crippen LogP contribution in [-0.2, 0) is 54.3 Å². The highest BCUT2D eigenvalue weighted by atomic mass is 16.6. The third-order valence-electron chi connectivity index (χ3n) is 6.07. The van der Waals surface area contributed by atoms with E-state index in [0.29, 0.717) is 16.8 Å². The first-order valence-electron chi connectivity index (χ1n) is 12.8. The Morgan fingerprint density at radius 1 is 1.02 bits per heavy atom. The van der Waals surface area contributed by atoms with Crippen LogP contribution in [0.5, 0.6) is 0 Å². The summed E-state index contributed by atoms with van der Waals surface area (Å²) in [6.45, 7) is 3.92. The van der Waals surface area contributed by atoms with Crippen molar-refractivity contribution in [2.75, 3.05) is 13.7 Å². The summed E-state index contributed by atoms with van der Waals surface area (Å²) in [6, 6.07) is 4.85. The average molecular weight is 589 g/mol. The van der Waals surface area contributed by atoms with Crippen molar-refractivity contribution in [1.82, 2.24) is 20.3 Å². The molecule has 5 atom stereocenters. The molecule has 3 rings (SSSR count). The quantitative estimate of drug-likeness (QED) is 0.270. The largest absolute Gasteiger partial charge is 0.477 e. The van der Waals surface area contributed by atoms with Crippen LogP contribution in [0.3, 0.4) is 0 Å². The molecule has 2 N–H and O–H groups in total. The van der Waals surface area contributed by atoms with Gasteiger partial charge in [-0.3, -0.25) is 19.2 Å². The van der Waals surface area contributed by atoms with E-state index in [9.17, 15) is 29.1 Å². The van der Waals surface area contributed by atoms with E-state index in [1.54, 1.807) is 30.5 Å². The summed E-state index contributed by atoms with van der Waals surface area (Å²) >= 11 is 0. The van der Waals surface area contributed by atoms with Gasteiger partial charge in [-0.1, -0.05) is 29.5 Å². The molecule has 2 aromatic rings. The fraction of sp³-hybridized carbons (Fsp3) is 0.444. The number of aliphatic hydroxyl groups is 1. The lowest BCUT2D eigenvalue weighted by molar-refractivity contribution is -0.188. The van der Waals surface area contributed by atoms with Gasteiger partial charge in [-0.05, 0) is 11.6 Å². The maximum absolute atomic E-state index is 12.7. The third kappa shape index (κ3) is 8.13. The van der Waals surface area contributed by atoms with Gasteiger partial charge in [-0.15, -0.1) is 5.10 Å². The fourth-order valence-corrected chi connectivity index (χ4v) is 4.33. The van der Waals surface area contributed by atoms with Gasteiger partial charge in [0.1, 0.15) is 12.3 Å². The molecule has 1 aromatic carbocycles. The fourth-order valence-electron chi connectivity index (χ4n) is 4.33. The molecule has 15 heteroatoms. The molecular formula is C27H32N4O11. The lowest BCUT2D eigenvalue weighted by Crippen LogP contribution is -2.60. The van der Waals surface area contributed by atoms with Crippen LogP contribution in [0, 0.1) is 0 Å². The zero-order valence-electron chi connectivity index (χ0n) is 23.6. The van der Waals surface area contributed by atoms with E-state index in [-0.39, 0.29) is 12.4 Å². The Bertz CT molecular complexity index is 1340. The molecule has 42 heavy (non-hydrogen) atoms. The van der Waals surface area contributed by atoms with Crippen LogP contribution in [0.2, 0.25) is 0 Å². The zero-order valence-corrected chi connectivity index (χ0v) is 23.6. The number of rotatable bonds is 11. The highest BCUT2D eigenvalue weighted by Gasteiger charge is 2.48. The maximum atomic E-state index is 12.7. The number of esters is 4. The standard InChI is InChI=1S/C27H32N4O11/c1-14(33)28-24-21(31-11-20(29-30-31)19-8-6-18(12-32)7-9-19)10-22(27(37)38-5)42-26(24)25(41-17(4)36)23(40-16(3)35)13-39-15(2)34/h6-11,21,23-26,32H,12-13H2,1-5H3,(H,28,33)/t21-,23+,24+,25+,26+/m0/s1. The number of aromatic nitrogens is 3. The molecule has 1 aliphatic rings. The average Bonchev–Trinajstić information content (AvgIpc) is 3.43. The molecule has 0 bridgehead atoms. The van der Waals surface area contributed by atoms with Gasteiger partial charge in [0.2, 0.25) is 11.7 Å². The van der Waals surface area contributed by atoms with Gasteiger partial charge in [0.25, 0.3) is 0 Å². The van der Waals surface area contributed by atoms with Gasteiger partial charge in [0.15, 0.2) is 18.3 Å². The van der Waals surface area contributed by atoms with Crippen molar-refractivity contribution in [2.24, 2.45) is 0 Å². The number of nitrogens with one attached hydrogen (secondary N) is 1. The summed E-state index contributed by atoms with van der Waals surface area (Å²) in [7, 11) is 1.13. The number of aliphatic hydroxyl groups excluding tert-OH is 1. The van der Waals surface area contributed by atoms with Crippen molar-refractivity contribution in [3.05, 3.63) is 47.9 Å². The highest BCUT2D eigenvalue weighted by molar-refractivity contribution is 5.86. The minimum atomic E-state index is -1.49. The second-order valence-electron chi connectivity index (χ2n) is 9.29. The Kier molecular flexibility index (Phi) is 10.7. The summed E-state index contributed by atoms with van der Waals surface area (Å²) in [5.74, 6) is -4.03. The molecule has 1 aliphatic heterocycles. The van der Waals surface area contributed by atoms with Crippen LogP contribution in [0.25, 0.3) is 11.3 Å². The predicted molar refractivity (Wildman–Crippen MR) is 141 cm³/mol. The second-order valence-corrected chi connectivity index (χ2v) is 9.29. The van der Waals surface area contributed by atoms with Gasteiger partial charge in [-0.2, -0.15) is 0 Å². The number of hydrogen-bond acceptors (Lipinski definition) is 13. The smallest absolute Gasteiger partial charge is 0.373 e. The van der Waals surface area contributed by atoms with Gasteiger partial charge >= 0.3 is 23.9 Å². The number of nitrogens with zero attached hydrogens (tertiary/aromatic N) is 3. The van der Waals surface area contributed by atoms with Crippen LogP contribution < -0.4 is 5.32 Å². The molecule has 0 radical (unpaired) electrons. The minimum Gasteiger partial charge on any atom is -0.477 e. The van der Waals surface area contributed by atoms with Crippen molar-refractivity contribution in [2.45, 2.75) is 64.7 Å². The van der Waals surface area contributed by atoms with E-state index >= 15 is 0 Å². The predicted octanol–water partition coefficient (Wildman–Crippen LogP) is 0.365. The molecule has 226 valence electrons. The van der Waals surface area contributed by atoms with E-state index in [2.05, 4.69) is 15.6 Å². The number of methoxy groups -OCH3 is 1. The SMILES string of the molecule is COC(=O)C1=C[C@H](n2cc(-c3ccc(CO)cc3)nn2)[C@@H](NC(C)=O)[C@H]([C@H](OC(C)=O)[C@@H](COC(C)=O)OC(C)=O)O1. The third-order valence-corrected chi connectivity index (χ3v) is 6.07. The summed E-state index contributed by atoms with van der Waals surface area (Å²) in [6.07, 6.45) is -1.37. The van der Waals surface area contributed by atoms with E-state index in [1.807, 2.05) is 0 Å². The first-order valence-corrected chi connectivity index (χ1v) is 12.8. The highest BCUT2D eigenvalue weighted by Crippen LogP contribution is 2.33. The normalized spacial score (nSPS) is 19.3. The van der Waals surface area contributed by atoms with Gasteiger partial charge in [0.05, 0.1) is 32.0 Å². The Labute approximate surface area is 240 Å². The molecule has 0 unspecified atom stereocenters. The van der Waals surface area contributed by atoms with E-state index < -0.39 is 66.8 Å². The lowest BCUT2D eigenvalue weighted by Gasteiger charge is -2.41. The summed E-state index contributed by atoms with van der Waals surface area (Å²) in [5.41, 5.74) is 1.80. The second kappa shape index (κ2) is 14.2. The number of hydrogen-bond donors (Lipinski definition) is 2. The van der Waals surface area contributed by atoms with E-state index in [4.69, 9.17) is 23.7 Å². The van der Waals surface area contributed by atoms with Gasteiger partial charge in [-0.25, -0.2) is 9.48 Å². The first kappa shape index (κ1) is 31.7. The molecule has 15 nitrogen and oxygen atoms in total. The molecule has 0 saturated carbocycles. The Balaban J connectivity index is 2.14. The maximum Gasteiger partial charge on any atom is 0.373 e. The molecule has 0 fully saturated rings. The van der Waals surface area contributed by atoms with Gasteiger partial charge < -0.3 is 34.1 Å². The Morgan fingerprint density at radius 3 is 2.24 bits per heavy atom. The van der Waals surface area contributed by atoms with Gasteiger partial charge in [0, 0.05) is 33.3 Å². The van der Waals surface area contributed by atoms with Crippen LogP contribution in [0.15, 0.2) is 42.3 Å². The van der Waals surface area contributed by atoms with Crippen LogP contribution in [0.1, 0.15) is 39.3 Å². The summed E-state index contributed by atoms with van der Waals surface area (Å²) < 4.78 is 28.1. The molecule has 0 spiro atoms. The number of carbonyl (C=O) groups is 5. The molecule has 1 amide bonds. The van der Waals surface area contributed by atoms with Crippen molar-refractivity contribution < 1.29 is 52.8 Å². The Hall–Kier alpha value is -4.79. The summed E-state index contributed by atoms with van der Waals surface area (Å²) in [4.78, 5) is 60.9. The zero-order chi connectivity index (χ0) is 31.0. The molecule has 1 aromatic heterocycles. The van der Waals surface area contributed by atoms with Crippen molar-refractivity contribution in [3.8, 4) is 11.3 Å². The topological polar surface area (TPSA) is 194 Å². The molecule has 0 saturated heterocycles. The minimum absolute atomic E-state index is 0.134.